The summed E-state index contributed by atoms with van der Waals surface area (Å²) in [5.74, 6) is -0.351. The maximum atomic E-state index is 13.3. The second kappa shape index (κ2) is 8.85. The summed E-state index contributed by atoms with van der Waals surface area (Å²) in [7, 11) is -3.68. The average molecular weight is 414 g/mol. The van der Waals surface area contributed by atoms with Crippen LogP contribution in [0.15, 0.2) is 76.2 Å². The van der Waals surface area contributed by atoms with Gasteiger partial charge in [0.15, 0.2) is 0 Å². The molecule has 1 aromatic heterocycles. The topological polar surface area (TPSA) is 88.4 Å². The first-order chi connectivity index (χ1) is 13.8. The number of benzene rings is 2. The largest absolute Gasteiger partial charge is 0.468 e. The van der Waals surface area contributed by atoms with Gasteiger partial charge in [-0.2, -0.15) is 0 Å². The van der Waals surface area contributed by atoms with Gasteiger partial charge in [-0.1, -0.05) is 18.2 Å². The molecule has 0 radical (unpaired) electrons. The molecule has 8 heteroatoms. The predicted molar refractivity (Wildman–Crippen MR) is 108 cm³/mol. The first kappa shape index (κ1) is 20.5. The van der Waals surface area contributed by atoms with Gasteiger partial charge in [-0.25, -0.2) is 17.5 Å². The van der Waals surface area contributed by atoms with Crippen LogP contribution in [0.25, 0.3) is 6.08 Å². The molecule has 1 heterocycles. The van der Waals surface area contributed by atoms with E-state index in [1.54, 1.807) is 37.3 Å². The fourth-order valence-electron chi connectivity index (χ4n) is 2.50. The maximum Gasteiger partial charge on any atom is 0.248 e. The van der Waals surface area contributed by atoms with Crippen molar-refractivity contribution in [2.75, 3.05) is 5.32 Å². The minimum Gasteiger partial charge on any atom is -0.468 e. The Balaban J connectivity index is 1.62. The Morgan fingerprint density at radius 1 is 1.14 bits per heavy atom. The summed E-state index contributed by atoms with van der Waals surface area (Å²) in [5, 5.41) is 2.61. The number of carbonyl (C=O) groups is 1. The highest BCUT2D eigenvalue weighted by molar-refractivity contribution is 7.89. The number of furan rings is 1. The molecule has 0 atom stereocenters. The van der Waals surface area contributed by atoms with Crippen LogP contribution < -0.4 is 10.0 Å². The molecule has 0 unspecified atom stereocenters. The lowest BCUT2D eigenvalue weighted by molar-refractivity contribution is -0.111. The predicted octanol–water partition coefficient (Wildman–Crippen LogP) is 3.86. The van der Waals surface area contributed by atoms with Crippen LogP contribution in [-0.4, -0.2) is 14.3 Å². The van der Waals surface area contributed by atoms with Gasteiger partial charge in [-0.05, 0) is 60.5 Å². The van der Waals surface area contributed by atoms with Gasteiger partial charge < -0.3 is 9.73 Å². The molecule has 3 rings (SSSR count). The van der Waals surface area contributed by atoms with Gasteiger partial charge in [0.05, 0.1) is 17.7 Å². The van der Waals surface area contributed by atoms with Crippen molar-refractivity contribution in [3.05, 3.63) is 89.6 Å². The van der Waals surface area contributed by atoms with Crippen LogP contribution in [0.4, 0.5) is 10.1 Å². The van der Waals surface area contributed by atoms with Gasteiger partial charge in [0.25, 0.3) is 0 Å². The third-order valence-corrected chi connectivity index (χ3v) is 5.51. The molecule has 2 N–H and O–H groups in total. The molecule has 0 spiro atoms. The third kappa shape index (κ3) is 5.63. The summed E-state index contributed by atoms with van der Waals surface area (Å²) in [4.78, 5) is 12.1. The molecule has 2 aromatic carbocycles. The van der Waals surface area contributed by atoms with E-state index < -0.39 is 21.7 Å². The fourth-order valence-corrected chi connectivity index (χ4v) is 3.49. The number of carbonyl (C=O) groups excluding carboxylic acids is 1. The zero-order chi connectivity index (χ0) is 20.9. The van der Waals surface area contributed by atoms with Gasteiger partial charge in [0, 0.05) is 11.8 Å². The standard InChI is InChI=1S/C21H19FN2O4S/c1-15-4-8-17(22)13-20(15)24-21(25)11-7-16-5-9-19(10-6-16)29(26,27)23-14-18-3-2-12-28-18/h2-13,23H,14H2,1H3,(H,24,25). The van der Waals surface area contributed by atoms with Crippen molar-refractivity contribution in [3.63, 3.8) is 0 Å². The smallest absolute Gasteiger partial charge is 0.248 e. The highest BCUT2D eigenvalue weighted by atomic mass is 32.2. The molecule has 29 heavy (non-hydrogen) atoms. The number of anilines is 1. The van der Waals surface area contributed by atoms with Gasteiger partial charge in [0.1, 0.15) is 11.6 Å². The lowest BCUT2D eigenvalue weighted by Gasteiger charge is -2.06. The second-order valence-electron chi connectivity index (χ2n) is 6.25. The lowest BCUT2D eigenvalue weighted by Crippen LogP contribution is -2.22. The van der Waals surface area contributed by atoms with Crippen LogP contribution in [-0.2, 0) is 21.4 Å². The number of amides is 1. The minimum absolute atomic E-state index is 0.0522. The summed E-state index contributed by atoms with van der Waals surface area (Å²) in [5.41, 5.74) is 1.77. The van der Waals surface area contributed by atoms with Gasteiger partial charge in [0.2, 0.25) is 15.9 Å². The number of halogens is 1. The lowest BCUT2D eigenvalue weighted by atomic mass is 10.2. The molecular formula is C21H19FN2O4S. The summed E-state index contributed by atoms with van der Waals surface area (Å²) in [6.45, 7) is 1.81. The van der Waals surface area contributed by atoms with E-state index in [1.807, 2.05) is 0 Å². The first-order valence-electron chi connectivity index (χ1n) is 8.71. The molecule has 0 fully saturated rings. The number of aryl methyl sites for hydroxylation is 1. The van der Waals surface area contributed by atoms with E-state index in [4.69, 9.17) is 4.42 Å². The van der Waals surface area contributed by atoms with Crippen LogP contribution in [0.1, 0.15) is 16.9 Å². The van der Waals surface area contributed by atoms with Crippen molar-refractivity contribution in [2.24, 2.45) is 0 Å². The van der Waals surface area contributed by atoms with Gasteiger partial charge >= 0.3 is 0 Å². The SMILES string of the molecule is Cc1ccc(F)cc1NC(=O)C=Cc1ccc(S(=O)(=O)NCc2ccco2)cc1. The van der Waals surface area contributed by atoms with E-state index in [1.165, 1.54) is 42.7 Å². The Labute approximate surface area is 168 Å². The molecule has 0 aliphatic heterocycles. The molecule has 1 amide bonds. The Kier molecular flexibility index (Phi) is 6.26. The second-order valence-corrected chi connectivity index (χ2v) is 8.02. The van der Waals surface area contributed by atoms with Crippen LogP contribution in [0.2, 0.25) is 0 Å². The Bertz CT molecular complexity index is 1120. The van der Waals surface area contributed by atoms with Crippen LogP contribution in [0.3, 0.4) is 0 Å². The Hall–Kier alpha value is -3.23. The third-order valence-electron chi connectivity index (χ3n) is 4.09. The van der Waals surface area contributed by atoms with E-state index >= 15 is 0 Å². The van der Waals surface area contributed by atoms with Gasteiger partial charge in [-0.15, -0.1) is 0 Å². The highest BCUT2D eigenvalue weighted by Crippen LogP contribution is 2.16. The highest BCUT2D eigenvalue weighted by Gasteiger charge is 2.14. The summed E-state index contributed by atoms with van der Waals surface area (Å²) in [6.07, 6.45) is 4.30. The molecule has 3 aromatic rings. The summed E-state index contributed by atoms with van der Waals surface area (Å²) in [6, 6.07) is 13.5. The maximum absolute atomic E-state index is 13.3. The Morgan fingerprint density at radius 3 is 2.59 bits per heavy atom. The number of sulfonamides is 1. The van der Waals surface area contributed by atoms with E-state index in [0.717, 1.165) is 5.56 Å². The van der Waals surface area contributed by atoms with Crippen molar-refractivity contribution >= 4 is 27.7 Å². The molecule has 6 nitrogen and oxygen atoms in total. The first-order valence-corrected chi connectivity index (χ1v) is 10.2. The fraction of sp³-hybridized carbons (Fsp3) is 0.0952. The van der Waals surface area contributed by atoms with E-state index in [-0.39, 0.29) is 11.4 Å². The summed E-state index contributed by atoms with van der Waals surface area (Å²) >= 11 is 0. The quantitative estimate of drug-likeness (QED) is 0.575. The number of nitrogens with one attached hydrogen (secondary N) is 2. The van der Waals surface area contributed by atoms with Crippen LogP contribution in [0.5, 0.6) is 0 Å². The van der Waals surface area contributed by atoms with Crippen molar-refractivity contribution in [3.8, 4) is 0 Å². The van der Waals surface area contributed by atoms with E-state index in [2.05, 4.69) is 10.0 Å². The van der Waals surface area contributed by atoms with Crippen LogP contribution >= 0.6 is 0 Å². The Morgan fingerprint density at radius 2 is 1.90 bits per heavy atom. The van der Waals surface area contributed by atoms with Crippen molar-refractivity contribution in [1.29, 1.82) is 0 Å². The molecule has 0 saturated carbocycles. The van der Waals surface area contributed by atoms with Crippen molar-refractivity contribution in [1.82, 2.24) is 4.72 Å². The molecule has 0 bridgehead atoms. The molecule has 0 aliphatic carbocycles. The minimum atomic E-state index is -3.68. The van der Waals surface area contributed by atoms with E-state index in [9.17, 15) is 17.6 Å². The number of rotatable bonds is 7. The van der Waals surface area contributed by atoms with Gasteiger partial charge in [-0.3, -0.25) is 4.79 Å². The monoisotopic (exact) mass is 414 g/mol. The zero-order valence-corrected chi connectivity index (χ0v) is 16.4. The van der Waals surface area contributed by atoms with Crippen molar-refractivity contribution < 1.29 is 22.0 Å². The normalized spacial score (nSPS) is 11.7. The summed E-state index contributed by atoms with van der Waals surface area (Å²) < 4.78 is 45.4. The number of hydrogen-bond acceptors (Lipinski definition) is 4. The molecular weight excluding hydrogens is 395 g/mol. The zero-order valence-electron chi connectivity index (χ0n) is 15.6. The van der Waals surface area contributed by atoms with E-state index in [0.29, 0.717) is 17.0 Å². The average Bonchev–Trinajstić information content (AvgIpc) is 3.22. The van der Waals surface area contributed by atoms with Crippen LogP contribution in [0, 0.1) is 12.7 Å². The van der Waals surface area contributed by atoms with Crippen molar-refractivity contribution in [2.45, 2.75) is 18.4 Å². The molecule has 0 aliphatic rings. The molecule has 150 valence electrons. The number of hydrogen-bond donors (Lipinski definition) is 2. The molecule has 0 saturated heterocycles.